The zero-order chi connectivity index (χ0) is 14.0. The van der Waals surface area contributed by atoms with Gasteiger partial charge in [-0.25, -0.2) is 0 Å². The Kier molecular flexibility index (Phi) is 3.93. The molecule has 1 aromatic rings. The number of primary amides is 1. The first kappa shape index (κ1) is 14.0. The van der Waals surface area contributed by atoms with Crippen LogP contribution in [0, 0.1) is 0 Å². The molecular formula is C12H13F3N2OS. The van der Waals surface area contributed by atoms with E-state index in [0.717, 1.165) is 23.6 Å². The lowest BCUT2D eigenvalue weighted by molar-refractivity contribution is -0.137. The number of carbonyl (C=O) groups excluding carboxylic acids is 1. The zero-order valence-corrected chi connectivity index (χ0v) is 10.9. The molecule has 0 unspecified atom stereocenters. The maximum absolute atomic E-state index is 12.6. The lowest BCUT2D eigenvalue weighted by Gasteiger charge is -2.30. The summed E-state index contributed by atoms with van der Waals surface area (Å²) in [5.41, 5.74) is 4.76. The summed E-state index contributed by atoms with van der Waals surface area (Å²) in [6, 6.07) is 3.15. The molecule has 3 nitrogen and oxygen atoms in total. The molecule has 104 valence electrons. The second-order valence-corrected chi connectivity index (χ2v) is 5.42. The summed E-state index contributed by atoms with van der Waals surface area (Å²) in [6.07, 6.45) is -4.47. The number of alkyl halides is 3. The van der Waals surface area contributed by atoms with Gasteiger partial charge in [0, 0.05) is 30.3 Å². The van der Waals surface area contributed by atoms with Crippen LogP contribution in [0.1, 0.15) is 15.9 Å². The molecule has 0 spiro atoms. The third kappa shape index (κ3) is 3.15. The Morgan fingerprint density at radius 2 is 1.89 bits per heavy atom. The first-order chi connectivity index (χ1) is 8.89. The SMILES string of the molecule is NC(=O)c1cc(C(F)(F)F)ccc1N1CCSCC1. The van der Waals surface area contributed by atoms with Crippen molar-refractivity contribution in [3.05, 3.63) is 29.3 Å². The molecule has 1 aliphatic rings. The van der Waals surface area contributed by atoms with Gasteiger partial charge in [0.25, 0.3) is 5.91 Å². The van der Waals surface area contributed by atoms with E-state index in [4.69, 9.17) is 5.73 Å². The minimum Gasteiger partial charge on any atom is -0.369 e. The minimum atomic E-state index is -4.47. The lowest BCUT2D eigenvalue weighted by Crippen LogP contribution is -2.34. The Labute approximate surface area is 112 Å². The van der Waals surface area contributed by atoms with Crippen LogP contribution in [-0.4, -0.2) is 30.5 Å². The maximum atomic E-state index is 12.6. The highest BCUT2D eigenvalue weighted by Gasteiger charge is 2.32. The molecule has 0 aromatic heterocycles. The van der Waals surface area contributed by atoms with E-state index < -0.39 is 17.6 Å². The van der Waals surface area contributed by atoms with Gasteiger partial charge in [-0.2, -0.15) is 24.9 Å². The fraction of sp³-hybridized carbons (Fsp3) is 0.417. The smallest absolute Gasteiger partial charge is 0.369 e. The first-order valence-electron chi connectivity index (χ1n) is 5.73. The standard InChI is InChI=1S/C12H13F3N2OS/c13-12(14,15)8-1-2-10(9(7-8)11(16)18)17-3-5-19-6-4-17/h1-2,7H,3-6H2,(H2,16,18). The van der Waals surface area contributed by atoms with E-state index in [0.29, 0.717) is 18.8 Å². The monoisotopic (exact) mass is 290 g/mol. The van der Waals surface area contributed by atoms with Crippen molar-refractivity contribution in [2.24, 2.45) is 5.73 Å². The van der Waals surface area contributed by atoms with Gasteiger partial charge in [-0.1, -0.05) is 0 Å². The molecule has 1 saturated heterocycles. The van der Waals surface area contributed by atoms with Crippen LogP contribution in [0.25, 0.3) is 0 Å². The Hall–Kier alpha value is -1.37. The Morgan fingerprint density at radius 1 is 1.26 bits per heavy atom. The minimum absolute atomic E-state index is 0.0678. The van der Waals surface area contributed by atoms with Crippen LogP contribution < -0.4 is 10.6 Å². The van der Waals surface area contributed by atoms with Crippen molar-refractivity contribution in [3.8, 4) is 0 Å². The summed E-state index contributed by atoms with van der Waals surface area (Å²) >= 11 is 1.78. The first-order valence-corrected chi connectivity index (χ1v) is 6.89. The van der Waals surface area contributed by atoms with E-state index in [-0.39, 0.29) is 5.56 Å². The molecule has 1 aromatic carbocycles. The van der Waals surface area contributed by atoms with E-state index in [1.54, 1.807) is 11.8 Å². The molecule has 1 amide bonds. The number of anilines is 1. The molecule has 0 radical (unpaired) electrons. The van der Waals surface area contributed by atoms with Crippen molar-refractivity contribution in [2.45, 2.75) is 6.18 Å². The van der Waals surface area contributed by atoms with E-state index in [9.17, 15) is 18.0 Å². The van der Waals surface area contributed by atoms with Gasteiger partial charge in [0.1, 0.15) is 0 Å². The van der Waals surface area contributed by atoms with Crippen molar-refractivity contribution >= 4 is 23.4 Å². The van der Waals surface area contributed by atoms with Crippen LogP contribution in [0.15, 0.2) is 18.2 Å². The van der Waals surface area contributed by atoms with Gasteiger partial charge < -0.3 is 10.6 Å². The predicted octanol–water partition coefficient (Wildman–Crippen LogP) is 2.36. The van der Waals surface area contributed by atoms with Crippen LogP contribution in [-0.2, 0) is 6.18 Å². The summed E-state index contributed by atoms with van der Waals surface area (Å²) in [5.74, 6) is 0.942. The molecule has 2 rings (SSSR count). The Balaban J connectivity index is 2.40. The number of hydrogen-bond acceptors (Lipinski definition) is 3. The average Bonchev–Trinajstić information content (AvgIpc) is 2.38. The number of halogens is 3. The van der Waals surface area contributed by atoms with Crippen LogP contribution >= 0.6 is 11.8 Å². The Morgan fingerprint density at radius 3 is 2.42 bits per heavy atom. The highest BCUT2D eigenvalue weighted by molar-refractivity contribution is 7.99. The van der Waals surface area contributed by atoms with E-state index in [1.807, 2.05) is 4.90 Å². The van der Waals surface area contributed by atoms with Gasteiger partial charge in [0.15, 0.2) is 0 Å². The molecule has 7 heteroatoms. The summed E-state index contributed by atoms with van der Waals surface area (Å²) in [4.78, 5) is 13.3. The highest BCUT2D eigenvalue weighted by atomic mass is 32.2. The second-order valence-electron chi connectivity index (χ2n) is 4.19. The Bertz CT molecular complexity index is 484. The molecule has 0 saturated carbocycles. The van der Waals surface area contributed by atoms with Crippen molar-refractivity contribution in [2.75, 3.05) is 29.5 Å². The number of nitrogens with zero attached hydrogens (tertiary/aromatic N) is 1. The van der Waals surface area contributed by atoms with Crippen LogP contribution in [0.4, 0.5) is 18.9 Å². The average molecular weight is 290 g/mol. The second kappa shape index (κ2) is 5.32. The summed E-state index contributed by atoms with van der Waals surface area (Å²) in [7, 11) is 0. The number of amides is 1. The van der Waals surface area contributed by atoms with Crippen LogP contribution in [0.3, 0.4) is 0 Å². The summed E-state index contributed by atoms with van der Waals surface area (Å²) < 4.78 is 37.9. The van der Waals surface area contributed by atoms with Gasteiger partial charge in [0.05, 0.1) is 11.1 Å². The molecule has 1 fully saturated rings. The zero-order valence-electron chi connectivity index (χ0n) is 10.0. The van der Waals surface area contributed by atoms with Crippen molar-refractivity contribution in [3.63, 3.8) is 0 Å². The fourth-order valence-corrected chi connectivity index (χ4v) is 2.89. The number of hydrogen-bond donors (Lipinski definition) is 1. The van der Waals surface area contributed by atoms with Crippen molar-refractivity contribution in [1.29, 1.82) is 0 Å². The van der Waals surface area contributed by atoms with E-state index in [2.05, 4.69) is 0 Å². The topological polar surface area (TPSA) is 46.3 Å². The van der Waals surface area contributed by atoms with Gasteiger partial charge in [-0.05, 0) is 18.2 Å². The largest absolute Gasteiger partial charge is 0.416 e. The van der Waals surface area contributed by atoms with Crippen molar-refractivity contribution in [1.82, 2.24) is 0 Å². The molecular weight excluding hydrogens is 277 g/mol. The number of carbonyl (C=O) groups is 1. The molecule has 2 N–H and O–H groups in total. The maximum Gasteiger partial charge on any atom is 0.416 e. The van der Waals surface area contributed by atoms with Gasteiger partial charge >= 0.3 is 6.18 Å². The predicted molar refractivity (Wildman–Crippen MR) is 69.5 cm³/mol. The quantitative estimate of drug-likeness (QED) is 0.909. The highest BCUT2D eigenvalue weighted by Crippen LogP contribution is 2.33. The molecule has 0 aliphatic carbocycles. The van der Waals surface area contributed by atoms with Gasteiger partial charge in [0.2, 0.25) is 0 Å². The molecule has 1 aliphatic heterocycles. The number of rotatable bonds is 2. The fourth-order valence-electron chi connectivity index (χ4n) is 1.99. The van der Waals surface area contributed by atoms with E-state index in [1.165, 1.54) is 6.07 Å². The molecule has 0 atom stereocenters. The number of nitrogens with two attached hydrogens (primary N) is 1. The van der Waals surface area contributed by atoms with Crippen LogP contribution in [0.2, 0.25) is 0 Å². The normalized spacial score (nSPS) is 16.5. The third-order valence-electron chi connectivity index (χ3n) is 2.94. The van der Waals surface area contributed by atoms with E-state index >= 15 is 0 Å². The molecule has 0 bridgehead atoms. The lowest BCUT2D eigenvalue weighted by atomic mass is 10.1. The van der Waals surface area contributed by atoms with Gasteiger partial charge in [-0.15, -0.1) is 0 Å². The number of thioether (sulfide) groups is 1. The molecule has 1 heterocycles. The summed E-state index contributed by atoms with van der Waals surface area (Å²) in [6.45, 7) is 1.41. The van der Waals surface area contributed by atoms with Crippen LogP contribution in [0.5, 0.6) is 0 Å². The van der Waals surface area contributed by atoms with Crippen molar-refractivity contribution < 1.29 is 18.0 Å². The summed E-state index contributed by atoms with van der Waals surface area (Å²) in [5, 5.41) is 0. The third-order valence-corrected chi connectivity index (χ3v) is 3.88. The molecule has 19 heavy (non-hydrogen) atoms. The van der Waals surface area contributed by atoms with Gasteiger partial charge in [-0.3, -0.25) is 4.79 Å². The number of benzene rings is 1.